The number of aliphatic carboxylic acids is 1. The van der Waals surface area contributed by atoms with Crippen LogP contribution < -0.4 is 0 Å². The van der Waals surface area contributed by atoms with Gasteiger partial charge in [0, 0.05) is 6.08 Å². The van der Waals surface area contributed by atoms with E-state index >= 15 is 0 Å². The highest BCUT2D eigenvalue weighted by Gasteiger charge is 2.04. The smallest absolute Gasteiger partial charge is 0.371 e. The van der Waals surface area contributed by atoms with E-state index < -0.39 is 17.5 Å². The van der Waals surface area contributed by atoms with Crippen LogP contribution in [0.1, 0.15) is 32.6 Å². The van der Waals surface area contributed by atoms with E-state index in [1.807, 2.05) is 0 Å². The molecule has 0 saturated heterocycles. The monoisotopic (exact) mass is 212 g/mol. The zero-order valence-corrected chi connectivity index (χ0v) is 8.77. The standard InChI is InChI=1S/C11H16O4/c1-2-3-4-5-6-7-9(12)8-10(13)11(14)15/h6-8,13H,2-5H2,1H3,(H,14,15). The van der Waals surface area contributed by atoms with Crippen LogP contribution in [0.25, 0.3) is 0 Å². The number of aliphatic hydroxyl groups is 1. The number of aliphatic hydroxyl groups excluding tert-OH is 1. The van der Waals surface area contributed by atoms with Crippen LogP contribution in [0.2, 0.25) is 0 Å². The fraction of sp³-hybridized carbons (Fsp3) is 0.455. The fourth-order valence-corrected chi connectivity index (χ4v) is 0.956. The van der Waals surface area contributed by atoms with Crippen molar-refractivity contribution in [1.82, 2.24) is 0 Å². The van der Waals surface area contributed by atoms with E-state index in [0.29, 0.717) is 6.08 Å². The molecule has 15 heavy (non-hydrogen) atoms. The van der Waals surface area contributed by atoms with Crippen molar-refractivity contribution < 1.29 is 19.8 Å². The minimum Gasteiger partial charge on any atom is -0.502 e. The van der Waals surface area contributed by atoms with Crippen molar-refractivity contribution in [2.45, 2.75) is 32.6 Å². The van der Waals surface area contributed by atoms with E-state index in [-0.39, 0.29) is 0 Å². The third kappa shape index (κ3) is 7.49. The third-order valence-electron chi connectivity index (χ3n) is 1.75. The molecule has 4 heteroatoms. The first-order chi connectivity index (χ1) is 7.07. The lowest BCUT2D eigenvalue weighted by Crippen LogP contribution is -2.01. The van der Waals surface area contributed by atoms with Crippen LogP contribution >= 0.6 is 0 Å². The zero-order valence-electron chi connectivity index (χ0n) is 8.77. The minimum atomic E-state index is -1.50. The van der Waals surface area contributed by atoms with Gasteiger partial charge in [-0.3, -0.25) is 4.79 Å². The summed E-state index contributed by atoms with van der Waals surface area (Å²) in [7, 11) is 0. The summed E-state index contributed by atoms with van der Waals surface area (Å²) in [5, 5.41) is 17.0. The van der Waals surface area contributed by atoms with E-state index in [2.05, 4.69) is 6.92 Å². The molecule has 0 rings (SSSR count). The summed E-state index contributed by atoms with van der Waals surface area (Å²) in [6.45, 7) is 2.09. The van der Waals surface area contributed by atoms with E-state index in [9.17, 15) is 9.59 Å². The number of carbonyl (C=O) groups excluding carboxylic acids is 1. The maximum Gasteiger partial charge on any atom is 0.371 e. The second-order valence-electron chi connectivity index (χ2n) is 3.14. The first-order valence-corrected chi connectivity index (χ1v) is 4.92. The summed E-state index contributed by atoms with van der Waals surface area (Å²) >= 11 is 0. The number of ketones is 1. The summed E-state index contributed by atoms with van der Waals surface area (Å²) in [4.78, 5) is 21.2. The van der Waals surface area contributed by atoms with Gasteiger partial charge in [-0.05, 0) is 18.9 Å². The van der Waals surface area contributed by atoms with Crippen LogP contribution in [-0.2, 0) is 9.59 Å². The molecular weight excluding hydrogens is 196 g/mol. The van der Waals surface area contributed by atoms with Crippen molar-refractivity contribution in [2.24, 2.45) is 0 Å². The molecule has 0 aliphatic carbocycles. The second-order valence-corrected chi connectivity index (χ2v) is 3.14. The van der Waals surface area contributed by atoms with Gasteiger partial charge in [0.15, 0.2) is 5.78 Å². The van der Waals surface area contributed by atoms with Gasteiger partial charge in [-0.1, -0.05) is 25.8 Å². The van der Waals surface area contributed by atoms with Gasteiger partial charge >= 0.3 is 5.97 Å². The highest BCUT2D eigenvalue weighted by Crippen LogP contribution is 2.00. The number of unbranched alkanes of at least 4 members (excludes halogenated alkanes) is 3. The molecule has 0 saturated carbocycles. The Hall–Kier alpha value is -1.58. The largest absolute Gasteiger partial charge is 0.502 e. The Morgan fingerprint density at radius 3 is 2.40 bits per heavy atom. The van der Waals surface area contributed by atoms with Gasteiger partial charge in [0.1, 0.15) is 0 Å². The minimum absolute atomic E-state index is 0.508. The molecule has 0 aromatic heterocycles. The first-order valence-electron chi connectivity index (χ1n) is 4.92. The lowest BCUT2D eigenvalue weighted by Gasteiger charge is -1.91. The van der Waals surface area contributed by atoms with E-state index in [0.717, 1.165) is 25.7 Å². The molecule has 0 radical (unpaired) electrons. The molecule has 2 N–H and O–H groups in total. The Morgan fingerprint density at radius 2 is 1.87 bits per heavy atom. The van der Waals surface area contributed by atoms with E-state index in [4.69, 9.17) is 10.2 Å². The molecule has 0 fully saturated rings. The number of carbonyl (C=O) groups is 2. The predicted octanol–water partition coefficient (Wildman–Crippen LogP) is 2.22. The molecule has 0 amide bonds. The average Bonchev–Trinajstić information content (AvgIpc) is 2.17. The van der Waals surface area contributed by atoms with Crippen LogP contribution in [0.5, 0.6) is 0 Å². The SMILES string of the molecule is CCCCCC=CC(=O)C=C(O)C(=O)O. The number of allylic oxidation sites excluding steroid dienone is 3. The number of hydrogen-bond donors (Lipinski definition) is 2. The van der Waals surface area contributed by atoms with Gasteiger partial charge < -0.3 is 10.2 Å². The van der Waals surface area contributed by atoms with Crippen molar-refractivity contribution in [3.8, 4) is 0 Å². The topological polar surface area (TPSA) is 74.6 Å². The highest BCUT2D eigenvalue weighted by atomic mass is 16.4. The molecule has 0 aliphatic rings. The average molecular weight is 212 g/mol. The molecule has 0 aliphatic heterocycles. The van der Waals surface area contributed by atoms with Crippen LogP contribution in [0.4, 0.5) is 0 Å². The molecule has 0 bridgehead atoms. The third-order valence-corrected chi connectivity index (χ3v) is 1.75. The van der Waals surface area contributed by atoms with E-state index in [1.54, 1.807) is 6.08 Å². The number of carboxylic acids is 1. The van der Waals surface area contributed by atoms with Crippen molar-refractivity contribution in [3.05, 3.63) is 24.0 Å². The number of carboxylic acid groups (broad SMARTS) is 1. The zero-order chi connectivity index (χ0) is 11.7. The van der Waals surface area contributed by atoms with Gasteiger partial charge in [0.05, 0.1) is 0 Å². The summed E-state index contributed by atoms with van der Waals surface area (Å²) < 4.78 is 0. The van der Waals surface area contributed by atoms with Gasteiger partial charge in [-0.15, -0.1) is 0 Å². The lowest BCUT2D eigenvalue weighted by atomic mass is 10.2. The van der Waals surface area contributed by atoms with E-state index in [1.165, 1.54) is 6.08 Å². The number of hydrogen-bond acceptors (Lipinski definition) is 3. The summed E-state index contributed by atoms with van der Waals surface area (Å²) in [5.74, 6) is -2.94. The molecular formula is C11H16O4. The molecule has 0 atom stereocenters. The number of rotatable bonds is 7. The normalized spacial score (nSPS) is 11.9. The maximum atomic E-state index is 11.0. The Morgan fingerprint density at radius 1 is 1.20 bits per heavy atom. The van der Waals surface area contributed by atoms with Gasteiger partial charge in [-0.2, -0.15) is 0 Å². The van der Waals surface area contributed by atoms with Gasteiger partial charge in [-0.25, -0.2) is 4.79 Å². The fourth-order valence-electron chi connectivity index (χ4n) is 0.956. The van der Waals surface area contributed by atoms with Crippen LogP contribution in [-0.4, -0.2) is 22.0 Å². The molecule has 84 valence electrons. The molecule has 0 aromatic rings. The Balaban J connectivity index is 3.93. The molecule has 0 heterocycles. The van der Waals surface area contributed by atoms with Crippen LogP contribution in [0.15, 0.2) is 24.0 Å². The maximum absolute atomic E-state index is 11.0. The Kier molecular flexibility index (Phi) is 6.97. The van der Waals surface area contributed by atoms with Crippen LogP contribution in [0, 0.1) is 0 Å². The molecule has 0 aromatic carbocycles. The molecule has 0 spiro atoms. The molecule has 0 unspecified atom stereocenters. The summed E-state index contributed by atoms with van der Waals surface area (Å²) in [6, 6.07) is 0. The molecule has 4 nitrogen and oxygen atoms in total. The lowest BCUT2D eigenvalue weighted by molar-refractivity contribution is -0.135. The van der Waals surface area contributed by atoms with Gasteiger partial charge in [0.2, 0.25) is 5.76 Å². The van der Waals surface area contributed by atoms with Crippen LogP contribution in [0.3, 0.4) is 0 Å². The van der Waals surface area contributed by atoms with Gasteiger partial charge in [0.25, 0.3) is 0 Å². The summed E-state index contributed by atoms with van der Waals surface area (Å²) in [5.41, 5.74) is 0. The van der Waals surface area contributed by atoms with Crippen molar-refractivity contribution in [2.75, 3.05) is 0 Å². The Labute approximate surface area is 88.9 Å². The second kappa shape index (κ2) is 7.79. The Bertz CT molecular complexity index is 276. The highest BCUT2D eigenvalue weighted by molar-refractivity contribution is 6.03. The quantitative estimate of drug-likeness (QED) is 0.385. The summed E-state index contributed by atoms with van der Waals surface area (Å²) in [6.07, 6.45) is 7.67. The van der Waals surface area contributed by atoms with Crippen molar-refractivity contribution in [3.63, 3.8) is 0 Å². The van der Waals surface area contributed by atoms with Crippen molar-refractivity contribution in [1.29, 1.82) is 0 Å². The first kappa shape index (κ1) is 13.4. The van der Waals surface area contributed by atoms with Crippen molar-refractivity contribution >= 4 is 11.8 Å². The predicted molar refractivity (Wildman–Crippen MR) is 56.6 cm³/mol.